The second kappa shape index (κ2) is 16.9. The molecular weight excluding hydrogens is 641 g/mol. The molecule has 0 radical (unpaired) electrons. The first-order valence-corrected chi connectivity index (χ1v) is 16.0. The topological polar surface area (TPSA) is 110 Å². The minimum absolute atomic E-state index is 0.0105. The van der Waals surface area contributed by atoms with E-state index in [1.54, 1.807) is 25.4 Å². The zero-order valence-electron chi connectivity index (χ0n) is 25.4. The Morgan fingerprint density at radius 2 is 1.71 bits per heavy atom. The number of halogens is 3. The van der Waals surface area contributed by atoms with Gasteiger partial charge in [-0.25, -0.2) is 4.79 Å². The van der Waals surface area contributed by atoms with Crippen LogP contribution in [0, 0.1) is 12.8 Å². The number of ether oxygens (including phenoxy) is 3. The number of aromatic nitrogens is 1. The van der Waals surface area contributed by atoms with Crippen LogP contribution in [0.5, 0.6) is 11.5 Å². The molecule has 0 spiro atoms. The Morgan fingerprint density at radius 1 is 1.02 bits per heavy atom. The summed E-state index contributed by atoms with van der Waals surface area (Å²) >= 11 is 19.0. The molecule has 0 bridgehead atoms. The number of aryl methyl sites for hydroxylation is 2. The first kappa shape index (κ1) is 34.6. The zero-order valence-corrected chi connectivity index (χ0v) is 27.6. The average molecular weight is 679 g/mol. The quantitative estimate of drug-likeness (QED) is 0.148. The Morgan fingerprint density at radius 3 is 2.36 bits per heavy atom. The van der Waals surface area contributed by atoms with Crippen LogP contribution in [0.3, 0.4) is 0 Å². The van der Waals surface area contributed by atoms with Crippen LogP contribution in [-0.4, -0.2) is 66.5 Å². The number of nitrogens with one attached hydrogen (secondary N) is 1. The minimum Gasteiger partial charge on any atom is -0.490 e. The van der Waals surface area contributed by atoms with Crippen LogP contribution in [-0.2, 0) is 28.9 Å². The molecule has 1 aromatic heterocycles. The molecule has 0 aliphatic heterocycles. The van der Waals surface area contributed by atoms with Crippen LogP contribution >= 0.6 is 34.8 Å². The van der Waals surface area contributed by atoms with Gasteiger partial charge in [0, 0.05) is 44.7 Å². The van der Waals surface area contributed by atoms with E-state index in [9.17, 15) is 14.7 Å². The van der Waals surface area contributed by atoms with Crippen molar-refractivity contribution in [1.82, 2.24) is 15.2 Å². The Kier molecular flexibility index (Phi) is 13.0. The normalized spacial score (nSPS) is 13.3. The first-order chi connectivity index (χ1) is 21.6. The summed E-state index contributed by atoms with van der Waals surface area (Å²) in [6, 6.07) is 13.0. The Balaban J connectivity index is 1.38. The van der Waals surface area contributed by atoms with Crippen LogP contribution < -0.4 is 14.8 Å². The van der Waals surface area contributed by atoms with E-state index >= 15 is 0 Å². The van der Waals surface area contributed by atoms with E-state index < -0.39 is 12.0 Å². The van der Waals surface area contributed by atoms with Gasteiger partial charge in [-0.05, 0) is 86.1 Å². The number of carbonyl (C=O) groups is 2. The third kappa shape index (κ3) is 10.7. The van der Waals surface area contributed by atoms with Crippen molar-refractivity contribution < 1.29 is 28.9 Å². The van der Waals surface area contributed by atoms with Gasteiger partial charge in [0.05, 0.1) is 21.0 Å². The van der Waals surface area contributed by atoms with Gasteiger partial charge >= 0.3 is 6.09 Å². The molecule has 1 unspecified atom stereocenters. The van der Waals surface area contributed by atoms with Crippen molar-refractivity contribution in [2.45, 2.75) is 51.6 Å². The number of rotatable bonds is 17. The lowest BCUT2D eigenvalue weighted by molar-refractivity contribution is -0.136. The highest BCUT2D eigenvalue weighted by Crippen LogP contribution is 2.34. The SMILES string of the molecule is COCCCc1cc(CN(C(=O)C(CNC(=O)O)Cc2ccc(OCCOc3c(Cl)cc(C)cc3Cl)cc2)C2CC2)c(Cl)cn1. The summed E-state index contributed by atoms with van der Waals surface area (Å²) in [6.07, 6.45) is 4.15. The molecule has 2 N–H and O–H groups in total. The smallest absolute Gasteiger partial charge is 0.404 e. The molecule has 4 rings (SSSR count). The van der Waals surface area contributed by atoms with Crippen LogP contribution in [0.15, 0.2) is 48.7 Å². The summed E-state index contributed by atoms with van der Waals surface area (Å²) in [4.78, 5) is 31.6. The summed E-state index contributed by atoms with van der Waals surface area (Å²) in [7, 11) is 1.66. The van der Waals surface area contributed by atoms with E-state index in [1.165, 1.54) is 0 Å². The van der Waals surface area contributed by atoms with Crippen LogP contribution in [0.4, 0.5) is 4.79 Å². The zero-order chi connectivity index (χ0) is 32.3. The van der Waals surface area contributed by atoms with Crippen molar-refractivity contribution in [3.8, 4) is 11.5 Å². The van der Waals surface area contributed by atoms with E-state index in [-0.39, 0.29) is 31.7 Å². The summed E-state index contributed by atoms with van der Waals surface area (Å²) in [5.74, 6) is 0.323. The number of pyridine rings is 1. The number of methoxy groups -OCH3 is 1. The predicted octanol–water partition coefficient (Wildman–Crippen LogP) is 7.00. The fourth-order valence-electron chi connectivity index (χ4n) is 4.97. The third-order valence-corrected chi connectivity index (χ3v) is 8.28. The summed E-state index contributed by atoms with van der Waals surface area (Å²) in [5.41, 5.74) is 3.52. The van der Waals surface area contributed by atoms with Gasteiger partial charge in [-0.3, -0.25) is 9.78 Å². The predicted molar refractivity (Wildman–Crippen MR) is 175 cm³/mol. The molecular formula is C33H38Cl3N3O6. The summed E-state index contributed by atoms with van der Waals surface area (Å²) in [5, 5.41) is 13.1. The largest absolute Gasteiger partial charge is 0.490 e. The van der Waals surface area contributed by atoms with Crippen LogP contribution in [0.1, 0.15) is 41.6 Å². The Hall–Kier alpha value is -3.24. The van der Waals surface area contributed by atoms with Gasteiger partial charge < -0.3 is 29.5 Å². The third-order valence-electron chi connectivity index (χ3n) is 7.38. The molecule has 242 valence electrons. The molecule has 1 aliphatic rings. The van der Waals surface area contributed by atoms with Gasteiger partial charge in [0.2, 0.25) is 5.91 Å². The van der Waals surface area contributed by atoms with Crippen molar-refractivity contribution in [2.24, 2.45) is 5.92 Å². The minimum atomic E-state index is -1.18. The molecule has 12 heteroatoms. The van der Waals surface area contributed by atoms with Crippen molar-refractivity contribution in [1.29, 1.82) is 0 Å². The molecule has 2 amide bonds. The number of amides is 2. The fraction of sp³-hybridized carbons (Fsp3) is 0.424. The lowest BCUT2D eigenvalue weighted by Crippen LogP contribution is -2.43. The second-order valence-electron chi connectivity index (χ2n) is 11.0. The van der Waals surface area contributed by atoms with E-state index in [2.05, 4.69) is 10.3 Å². The summed E-state index contributed by atoms with van der Waals surface area (Å²) < 4.78 is 16.7. The van der Waals surface area contributed by atoms with E-state index in [4.69, 9.17) is 49.0 Å². The second-order valence-corrected chi connectivity index (χ2v) is 12.3. The maximum absolute atomic E-state index is 13.9. The number of hydrogen-bond donors (Lipinski definition) is 2. The fourth-order valence-corrected chi connectivity index (χ4v) is 5.84. The van der Waals surface area contributed by atoms with Gasteiger partial charge in [0.1, 0.15) is 19.0 Å². The van der Waals surface area contributed by atoms with Crippen molar-refractivity contribution in [2.75, 3.05) is 33.5 Å². The van der Waals surface area contributed by atoms with Gasteiger partial charge in [0.15, 0.2) is 5.75 Å². The lowest BCUT2D eigenvalue weighted by atomic mass is 9.97. The molecule has 9 nitrogen and oxygen atoms in total. The molecule has 1 atom stereocenters. The highest BCUT2D eigenvalue weighted by atomic mass is 35.5. The standard InChI is InChI=1S/C33H38Cl3N3O6/c1-21-14-28(34)31(29(35)15-21)45-13-12-44-27-9-5-22(6-10-27)16-23(18-38-33(41)42)32(40)39(26-7-8-26)20-24-17-25(4-3-11-43-2)37-19-30(24)36/h5-6,9-10,14-15,17,19,23,26,38H,3-4,7-8,11-13,16,18,20H2,1-2H3,(H,41,42). The molecule has 3 aromatic rings. The van der Waals surface area contributed by atoms with Crippen molar-refractivity contribution in [3.05, 3.63) is 86.1 Å². The maximum Gasteiger partial charge on any atom is 0.404 e. The average Bonchev–Trinajstić information content (AvgIpc) is 3.84. The number of carbonyl (C=O) groups excluding carboxylic acids is 1. The first-order valence-electron chi connectivity index (χ1n) is 14.8. The van der Waals surface area contributed by atoms with Crippen molar-refractivity contribution in [3.63, 3.8) is 0 Å². The summed E-state index contributed by atoms with van der Waals surface area (Å²) in [6.45, 7) is 3.37. The monoisotopic (exact) mass is 677 g/mol. The molecule has 1 fully saturated rings. The molecule has 0 saturated heterocycles. The lowest BCUT2D eigenvalue weighted by Gasteiger charge is -2.28. The van der Waals surface area contributed by atoms with Gasteiger partial charge in [0.25, 0.3) is 0 Å². The van der Waals surface area contributed by atoms with Crippen molar-refractivity contribution >= 4 is 46.8 Å². The van der Waals surface area contributed by atoms with E-state index in [1.807, 2.05) is 42.2 Å². The van der Waals surface area contributed by atoms with E-state index in [0.717, 1.165) is 48.1 Å². The van der Waals surface area contributed by atoms with Gasteiger partial charge in [-0.15, -0.1) is 0 Å². The number of benzene rings is 2. The Labute approximate surface area is 278 Å². The van der Waals surface area contributed by atoms with Gasteiger partial charge in [-0.2, -0.15) is 0 Å². The molecule has 1 heterocycles. The molecule has 2 aromatic carbocycles. The molecule has 45 heavy (non-hydrogen) atoms. The maximum atomic E-state index is 13.9. The van der Waals surface area contributed by atoms with Gasteiger partial charge in [-0.1, -0.05) is 46.9 Å². The Bertz CT molecular complexity index is 1430. The highest BCUT2D eigenvalue weighted by Gasteiger charge is 2.36. The number of nitrogens with zero attached hydrogens (tertiary/aromatic N) is 2. The van der Waals surface area contributed by atoms with E-state index in [0.29, 0.717) is 46.1 Å². The van der Waals surface area contributed by atoms with Crippen LogP contribution in [0.2, 0.25) is 15.1 Å². The number of hydrogen-bond acceptors (Lipinski definition) is 6. The molecule has 1 saturated carbocycles. The molecule has 1 aliphatic carbocycles. The highest BCUT2D eigenvalue weighted by molar-refractivity contribution is 6.37. The number of carboxylic acid groups (broad SMARTS) is 1. The van der Waals surface area contributed by atoms with Crippen LogP contribution in [0.25, 0.3) is 0 Å².